The molecule has 0 aromatic rings. The van der Waals surface area contributed by atoms with E-state index in [1.807, 2.05) is 30.6 Å². The van der Waals surface area contributed by atoms with E-state index < -0.39 is 0 Å². The average molecular weight is 295 g/mol. The second kappa shape index (κ2) is 6.67. The summed E-state index contributed by atoms with van der Waals surface area (Å²) in [4.78, 5) is 28.3. The summed E-state index contributed by atoms with van der Waals surface area (Å²) in [6, 6.07) is 0.400. The highest BCUT2D eigenvalue weighted by molar-refractivity contribution is 5.81. The standard InChI is InChI=1S/C16H29N3O2/c1-16(2,3)14(20)17-13-7-11-19(12-8-13)15(21)18-9-5-4-6-10-18/h13H,4-12H2,1-3H3,(H,17,20). The van der Waals surface area contributed by atoms with Gasteiger partial charge in [0.2, 0.25) is 5.91 Å². The van der Waals surface area contributed by atoms with Crippen LogP contribution in [0.5, 0.6) is 0 Å². The van der Waals surface area contributed by atoms with Crippen molar-refractivity contribution < 1.29 is 9.59 Å². The molecule has 2 rings (SSSR count). The van der Waals surface area contributed by atoms with Gasteiger partial charge in [0.05, 0.1) is 0 Å². The number of carbonyl (C=O) groups excluding carboxylic acids is 2. The molecule has 0 atom stereocenters. The molecular weight excluding hydrogens is 266 g/mol. The van der Waals surface area contributed by atoms with Gasteiger partial charge in [-0.25, -0.2) is 4.79 Å². The maximum absolute atomic E-state index is 12.4. The summed E-state index contributed by atoms with van der Waals surface area (Å²) in [5.74, 6) is 0.100. The highest BCUT2D eigenvalue weighted by Crippen LogP contribution is 2.18. The number of rotatable bonds is 1. The average Bonchev–Trinajstić information content (AvgIpc) is 2.47. The number of carbonyl (C=O) groups is 2. The summed E-state index contributed by atoms with van der Waals surface area (Å²) in [7, 11) is 0. The van der Waals surface area contributed by atoms with Gasteiger partial charge in [0, 0.05) is 37.6 Å². The lowest BCUT2D eigenvalue weighted by molar-refractivity contribution is -0.129. The summed E-state index contributed by atoms with van der Waals surface area (Å²) in [6.07, 6.45) is 5.22. The Bertz CT molecular complexity index is 375. The van der Waals surface area contributed by atoms with Crippen molar-refractivity contribution in [3.63, 3.8) is 0 Å². The Balaban J connectivity index is 1.77. The number of nitrogens with one attached hydrogen (secondary N) is 1. The van der Waals surface area contributed by atoms with Crippen LogP contribution in [0.4, 0.5) is 4.79 Å². The molecule has 0 aromatic heterocycles. The normalized spacial score (nSPS) is 21.3. The minimum absolute atomic E-state index is 0.100. The zero-order chi connectivity index (χ0) is 15.5. The van der Waals surface area contributed by atoms with Crippen LogP contribution in [0.25, 0.3) is 0 Å². The van der Waals surface area contributed by atoms with Gasteiger partial charge < -0.3 is 15.1 Å². The molecule has 0 unspecified atom stereocenters. The zero-order valence-electron chi connectivity index (χ0n) is 13.7. The zero-order valence-corrected chi connectivity index (χ0v) is 13.7. The van der Waals surface area contributed by atoms with Gasteiger partial charge in [-0.3, -0.25) is 4.79 Å². The lowest BCUT2D eigenvalue weighted by Gasteiger charge is -2.37. The molecule has 0 saturated carbocycles. The number of nitrogens with zero attached hydrogens (tertiary/aromatic N) is 2. The van der Waals surface area contributed by atoms with Gasteiger partial charge in [0.1, 0.15) is 0 Å². The Morgan fingerprint density at radius 1 is 0.905 bits per heavy atom. The fraction of sp³-hybridized carbons (Fsp3) is 0.875. The van der Waals surface area contributed by atoms with E-state index in [1.54, 1.807) is 0 Å². The monoisotopic (exact) mass is 295 g/mol. The highest BCUT2D eigenvalue weighted by atomic mass is 16.2. The molecule has 3 amide bonds. The molecule has 0 radical (unpaired) electrons. The highest BCUT2D eigenvalue weighted by Gasteiger charge is 2.29. The van der Waals surface area contributed by atoms with Crippen molar-refractivity contribution in [2.75, 3.05) is 26.2 Å². The molecule has 2 aliphatic heterocycles. The molecule has 120 valence electrons. The number of hydrogen-bond acceptors (Lipinski definition) is 2. The van der Waals surface area contributed by atoms with Crippen LogP contribution in [0.3, 0.4) is 0 Å². The van der Waals surface area contributed by atoms with Crippen molar-refractivity contribution in [1.29, 1.82) is 0 Å². The van der Waals surface area contributed by atoms with E-state index in [0.717, 1.165) is 51.9 Å². The number of hydrogen-bond donors (Lipinski definition) is 1. The van der Waals surface area contributed by atoms with E-state index in [0.29, 0.717) is 0 Å². The van der Waals surface area contributed by atoms with Gasteiger partial charge >= 0.3 is 6.03 Å². The van der Waals surface area contributed by atoms with Crippen molar-refractivity contribution >= 4 is 11.9 Å². The molecule has 2 aliphatic rings. The second-order valence-corrected chi connectivity index (χ2v) is 7.32. The largest absolute Gasteiger partial charge is 0.353 e. The number of likely N-dealkylation sites (tertiary alicyclic amines) is 2. The van der Waals surface area contributed by atoms with Crippen LogP contribution >= 0.6 is 0 Å². The molecule has 1 N–H and O–H groups in total. The third kappa shape index (κ3) is 4.35. The maximum atomic E-state index is 12.4. The van der Waals surface area contributed by atoms with E-state index >= 15 is 0 Å². The summed E-state index contributed by atoms with van der Waals surface area (Å²) in [5.41, 5.74) is -0.346. The third-order valence-electron chi connectivity index (χ3n) is 4.41. The van der Waals surface area contributed by atoms with Gasteiger partial charge in [-0.2, -0.15) is 0 Å². The SMILES string of the molecule is CC(C)(C)C(=O)NC1CCN(C(=O)N2CCCCC2)CC1. The predicted molar refractivity (Wildman–Crippen MR) is 83.0 cm³/mol. The molecular formula is C16H29N3O2. The first kappa shape index (κ1) is 16.1. The Kier molecular flexibility index (Phi) is 5.12. The van der Waals surface area contributed by atoms with E-state index in [9.17, 15) is 9.59 Å². The van der Waals surface area contributed by atoms with Gasteiger partial charge in [-0.05, 0) is 32.1 Å². The Hall–Kier alpha value is -1.26. The van der Waals surface area contributed by atoms with Gasteiger partial charge in [-0.1, -0.05) is 20.8 Å². The molecule has 0 aliphatic carbocycles. The van der Waals surface area contributed by atoms with Crippen LogP contribution in [-0.2, 0) is 4.79 Å². The van der Waals surface area contributed by atoms with Gasteiger partial charge in [0.25, 0.3) is 0 Å². The number of amides is 3. The van der Waals surface area contributed by atoms with Crippen molar-refractivity contribution in [3.8, 4) is 0 Å². The quantitative estimate of drug-likeness (QED) is 0.806. The molecule has 0 aromatic carbocycles. The molecule has 2 heterocycles. The maximum Gasteiger partial charge on any atom is 0.319 e. The molecule has 2 saturated heterocycles. The third-order valence-corrected chi connectivity index (χ3v) is 4.41. The molecule has 5 heteroatoms. The fourth-order valence-electron chi connectivity index (χ4n) is 2.90. The first-order chi connectivity index (χ1) is 9.88. The summed E-state index contributed by atoms with van der Waals surface area (Å²) in [5, 5.41) is 3.11. The van der Waals surface area contributed by atoms with Gasteiger partial charge in [0.15, 0.2) is 0 Å². The summed E-state index contributed by atoms with van der Waals surface area (Å²) < 4.78 is 0. The number of urea groups is 1. The Morgan fingerprint density at radius 2 is 1.43 bits per heavy atom. The van der Waals surface area contributed by atoms with Crippen molar-refractivity contribution in [3.05, 3.63) is 0 Å². The minimum atomic E-state index is -0.346. The molecule has 5 nitrogen and oxygen atoms in total. The molecule has 2 fully saturated rings. The molecule has 21 heavy (non-hydrogen) atoms. The smallest absolute Gasteiger partial charge is 0.319 e. The van der Waals surface area contributed by atoms with E-state index in [-0.39, 0.29) is 23.4 Å². The number of piperidine rings is 2. The lowest BCUT2D eigenvalue weighted by Crippen LogP contribution is -2.52. The fourth-order valence-corrected chi connectivity index (χ4v) is 2.90. The Morgan fingerprint density at radius 3 is 1.95 bits per heavy atom. The van der Waals surface area contributed by atoms with Crippen LogP contribution in [0.1, 0.15) is 52.9 Å². The Labute approximate surface area is 128 Å². The van der Waals surface area contributed by atoms with Crippen molar-refractivity contribution in [2.24, 2.45) is 5.41 Å². The topological polar surface area (TPSA) is 52.7 Å². The molecule has 0 bridgehead atoms. The van der Waals surface area contributed by atoms with E-state index in [4.69, 9.17) is 0 Å². The van der Waals surface area contributed by atoms with Crippen LogP contribution in [0.15, 0.2) is 0 Å². The van der Waals surface area contributed by atoms with Gasteiger partial charge in [-0.15, -0.1) is 0 Å². The first-order valence-corrected chi connectivity index (χ1v) is 8.23. The van der Waals surface area contributed by atoms with Crippen molar-refractivity contribution in [2.45, 2.75) is 58.9 Å². The lowest BCUT2D eigenvalue weighted by atomic mass is 9.94. The van der Waals surface area contributed by atoms with E-state index in [1.165, 1.54) is 6.42 Å². The van der Waals surface area contributed by atoms with Crippen molar-refractivity contribution in [1.82, 2.24) is 15.1 Å². The second-order valence-electron chi connectivity index (χ2n) is 7.32. The summed E-state index contributed by atoms with van der Waals surface area (Å²) in [6.45, 7) is 9.10. The predicted octanol–water partition coefficient (Wildman–Crippen LogP) is 2.22. The summed E-state index contributed by atoms with van der Waals surface area (Å²) >= 11 is 0. The minimum Gasteiger partial charge on any atom is -0.353 e. The van der Waals surface area contributed by atoms with Crippen LogP contribution < -0.4 is 5.32 Å². The van der Waals surface area contributed by atoms with E-state index in [2.05, 4.69) is 5.32 Å². The van der Waals surface area contributed by atoms with Crippen LogP contribution in [0, 0.1) is 5.41 Å². The molecule has 0 spiro atoms. The first-order valence-electron chi connectivity index (χ1n) is 8.23. The van der Waals surface area contributed by atoms with Crippen LogP contribution in [0.2, 0.25) is 0 Å². The van der Waals surface area contributed by atoms with Crippen LogP contribution in [-0.4, -0.2) is 54.0 Å².